The molecular formula is C18H28N2O3. The fraction of sp³-hybridized carbons (Fsp3) is 0.556. The van der Waals surface area contributed by atoms with Gasteiger partial charge in [-0.05, 0) is 55.9 Å². The number of nitrogens with two attached hydrogens (primary N) is 1. The minimum atomic E-state index is -0.534. The summed E-state index contributed by atoms with van der Waals surface area (Å²) in [5.74, 6) is -0.596. The van der Waals surface area contributed by atoms with E-state index in [1.165, 1.54) is 0 Å². The van der Waals surface area contributed by atoms with Crippen molar-refractivity contribution in [3.05, 3.63) is 34.4 Å². The van der Waals surface area contributed by atoms with Gasteiger partial charge in [-0.25, -0.2) is 0 Å². The molecule has 1 aromatic carbocycles. The maximum atomic E-state index is 12.9. The van der Waals surface area contributed by atoms with Crippen LogP contribution < -0.4 is 5.73 Å². The van der Waals surface area contributed by atoms with E-state index in [4.69, 9.17) is 10.8 Å². The first kappa shape index (κ1) is 19.2. The second-order valence-electron chi connectivity index (χ2n) is 5.82. The number of benzene rings is 1. The molecule has 1 aromatic rings. The third-order valence-corrected chi connectivity index (χ3v) is 3.75. The summed E-state index contributed by atoms with van der Waals surface area (Å²) in [5.41, 5.74) is 7.90. The number of hydrogen-bond acceptors (Lipinski definition) is 3. The molecule has 0 saturated heterocycles. The third-order valence-electron chi connectivity index (χ3n) is 3.75. The Kier molecular flexibility index (Phi) is 7.75. The van der Waals surface area contributed by atoms with Gasteiger partial charge in [0.2, 0.25) is 5.91 Å². The lowest BCUT2D eigenvalue weighted by Gasteiger charge is -2.24. The number of hydrogen-bond donors (Lipinski definition) is 2. The number of aryl methyl sites for hydroxylation is 1. The largest absolute Gasteiger partial charge is 0.396 e. The molecule has 0 saturated carbocycles. The summed E-state index contributed by atoms with van der Waals surface area (Å²) in [6.07, 6.45) is 2.71. The average Bonchev–Trinajstić information content (AvgIpc) is 2.52. The first-order valence-corrected chi connectivity index (χ1v) is 8.29. The number of aliphatic hydroxyl groups excluding tert-OH is 1. The number of carbonyl (C=O) groups is 2. The molecule has 3 N–H and O–H groups in total. The van der Waals surface area contributed by atoms with Gasteiger partial charge in [-0.2, -0.15) is 0 Å². The van der Waals surface area contributed by atoms with Crippen LogP contribution in [0.2, 0.25) is 0 Å². The Balaban J connectivity index is 3.35. The Morgan fingerprint density at radius 3 is 2.17 bits per heavy atom. The summed E-state index contributed by atoms with van der Waals surface area (Å²) in [5, 5.41) is 9.11. The van der Waals surface area contributed by atoms with Crippen molar-refractivity contribution in [1.82, 2.24) is 4.90 Å². The van der Waals surface area contributed by atoms with E-state index in [9.17, 15) is 9.59 Å². The molecule has 0 aromatic heterocycles. The molecule has 0 aliphatic rings. The van der Waals surface area contributed by atoms with Gasteiger partial charge in [-0.3, -0.25) is 9.59 Å². The summed E-state index contributed by atoms with van der Waals surface area (Å²) >= 11 is 0. The molecule has 0 aliphatic heterocycles. The average molecular weight is 320 g/mol. The van der Waals surface area contributed by atoms with Crippen LogP contribution in [0.15, 0.2) is 12.1 Å². The summed E-state index contributed by atoms with van der Waals surface area (Å²) in [6, 6.07) is 3.54. The quantitative estimate of drug-likeness (QED) is 0.732. The zero-order chi connectivity index (χ0) is 17.4. The van der Waals surface area contributed by atoms with Crippen molar-refractivity contribution >= 4 is 11.8 Å². The molecule has 0 bridgehead atoms. The van der Waals surface area contributed by atoms with Gasteiger partial charge in [-0.15, -0.1) is 0 Å². The molecule has 5 heteroatoms. The van der Waals surface area contributed by atoms with Gasteiger partial charge in [0.1, 0.15) is 0 Å². The summed E-state index contributed by atoms with van der Waals surface area (Å²) in [6.45, 7) is 7.30. The molecule has 0 heterocycles. The van der Waals surface area contributed by atoms with Crippen molar-refractivity contribution in [3.63, 3.8) is 0 Å². The maximum Gasteiger partial charge on any atom is 0.254 e. The van der Waals surface area contributed by atoms with E-state index in [1.807, 2.05) is 31.7 Å². The number of carbonyl (C=O) groups excluding carboxylic acids is 2. The molecule has 2 amide bonds. The topological polar surface area (TPSA) is 83.6 Å². The predicted molar refractivity (Wildman–Crippen MR) is 91.6 cm³/mol. The van der Waals surface area contributed by atoms with Gasteiger partial charge in [0.25, 0.3) is 5.91 Å². The highest BCUT2D eigenvalue weighted by molar-refractivity contribution is 6.02. The summed E-state index contributed by atoms with van der Waals surface area (Å²) in [7, 11) is 0. The molecule has 0 spiro atoms. The molecule has 1 rings (SSSR count). The highest BCUT2D eigenvalue weighted by Crippen LogP contribution is 2.21. The van der Waals surface area contributed by atoms with Crippen LogP contribution >= 0.6 is 0 Å². The van der Waals surface area contributed by atoms with Gasteiger partial charge in [0, 0.05) is 30.8 Å². The first-order chi connectivity index (χ1) is 11.0. The smallest absolute Gasteiger partial charge is 0.254 e. The van der Waals surface area contributed by atoms with Crippen molar-refractivity contribution < 1.29 is 14.7 Å². The Morgan fingerprint density at radius 2 is 1.70 bits per heavy atom. The highest BCUT2D eigenvalue weighted by atomic mass is 16.3. The number of primary amides is 1. The molecule has 0 aliphatic carbocycles. The van der Waals surface area contributed by atoms with E-state index in [1.54, 1.807) is 6.07 Å². The van der Waals surface area contributed by atoms with E-state index in [0.717, 1.165) is 18.4 Å². The Hall–Kier alpha value is -1.88. The molecule has 0 radical (unpaired) electrons. The lowest BCUT2D eigenvalue weighted by Crippen LogP contribution is -2.33. The summed E-state index contributed by atoms with van der Waals surface area (Å²) in [4.78, 5) is 26.5. The van der Waals surface area contributed by atoms with E-state index < -0.39 is 5.91 Å². The van der Waals surface area contributed by atoms with E-state index >= 15 is 0 Å². The fourth-order valence-corrected chi connectivity index (χ4v) is 2.78. The van der Waals surface area contributed by atoms with Crippen LogP contribution in [-0.2, 0) is 6.42 Å². The molecule has 128 valence electrons. The lowest BCUT2D eigenvalue weighted by molar-refractivity contribution is 0.0754. The van der Waals surface area contributed by atoms with Crippen LogP contribution in [0.4, 0.5) is 0 Å². The fourth-order valence-electron chi connectivity index (χ4n) is 2.78. The van der Waals surface area contributed by atoms with Crippen LogP contribution in [0.3, 0.4) is 0 Å². The molecule has 5 nitrogen and oxygen atoms in total. The Bertz CT molecular complexity index is 549. The van der Waals surface area contributed by atoms with E-state index in [-0.39, 0.29) is 12.5 Å². The molecule has 0 atom stereocenters. The third kappa shape index (κ3) is 5.06. The van der Waals surface area contributed by atoms with E-state index in [0.29, 0.717) is 42.6 Å². The monoisotopic (exact) mass is 320 g/mol. The second kappa shape index (κ2) is 9.30. The zero-order valence-corrected chi connectivity index (χ0v) is 14.4. The van der Waals surface area contributed by atoms with Crippen molar-refractivity contribution in [3.8, 4) is 0 Å². The molecule has 0 fully saturated rings. The first-order valence-electron chi connectivity index (χ1n) is 8.29. The summed E-state index contributed by atoms with van der Waals surface area (Å²) < 4.78 is 0. The predicted octanol–water partition coefficient (Wildman–Crippen LogP) is 2.28. The number of nitrogens with zero attached hydrogens (tertiary/aromatic N) is 1. The maximum absolute atomic E-state index is 12.9. The van der Waals surface area contributed by atoms with Crippen LogP contribution in [0.5, 0.6) is 0 Å². The minimum absolute atomic E-state index is 0.00728. The minimum Gasteiger partial charge on any atom is -0.396 e. The molecular weight excluding hydrogens is 292 g/mol. The van der Waals surface area contributed by atoms with Gasteiger partial charge >= 0.3 is 0 Å². The van der Waals surface area contributed by atoms with Crippen molar-refractivity contribution in [2.75, 3.05) is 19.7 Å². The van der Waals surface area contributed by atoms with Gasteiger partial charge in [0.05, 0.1) is 0 Å². The number of amides is 2. The van der Waals surface area contributed by atoms with E-state index in [2.05, 4.69) is 0 Å². The van der Waals surface area contributed by atoms with Crippen LogP contribution in [0.1, 0.15) is 65.0 Å². The van der Waals surface area contributed by atoms with Gasteiger partial charge in [-0.1, -0.05) is 13.8 Å². The number of rotatable bonds is 9. The van der Waals surface area contributed by atoms with Crippen molar-refractivity contribution in [2.24, 2.45) is 5.73 Å². The van der Waals surface area contributed by atoms with Gasteiger partial charge in [0.15, 0.2) is 0 Å². The van der Waals surface area contributed by atoms with Gasteiger partial charge < -0.3 is 15.7 Å². The second-order valence-corrected chi connectivity index (χ2v) is 5.82. The van der Waals surface area contributed by atoms with Crippen LogP contribution in [0.25, 0.3) is 0 Å². The standard InChI is InChI=1S/C18H28N2O3/c1-4-8-20(9-5-2)18(23)16-12-13(3)11-15(17(19)22)14(16)7-6-10-21/h11-12,21H,4-10H2,1-3H3,(H2,19,22). The normalized spacial score (nSPS) is 10.6. The zero-order valence-electron chi connectivity index (χ0n) is 14.4. The SMILES string of the molecule is CCCN(CCC)C(=O)c1cc(C)cc(C(N)=O)c1CCCO. The molecule has 23 heavy (non-hydrogen) atoms. The number of aliphatic hydroxyl groups is 1. The van der Waals surface area contributed by atoms with Crippen molar-refractivity contribution in [1.29, 1.82) is 0 Å². The van der Waals surface area contributed by atoms with Crippen LogP contribution in [0, 0.1) is 6.92 Å². The highest BCUT2D eigenvalue weighted by Gasteiger charge is 2.22. The van der Waals surface area contributed by atoms with Crippen LogP contribution in [-0.4, -0.2) is 41.5 Å². The van der Waals surface area contributed by atoms with Crippen molar-refractivity contribution in [2.45, 2.75) is 46.5 Å². The Morgan fingerprint density at radius 1 is 1.13 bits per heavy atom. The lowest BCUT2D eigenvalue weighted by atomic mass is 9.93. The molecule has 0 unspecified atom stereocenters. The Labute approximate surface area is 138 Å².